The summed E-state index contributed by atoms with van der Waals surface area (Å²) in [5, 5.41) is 55.7. The van der Waals surface area contributed by atoms with Gasteiger partial charge in [0.05, 0.1) is 6.61 Å². The van der Waals surface area contributed by atoms with Crippen molar-refractivity contribution in [3.05, 3.63) is 12.7 Å². The molecule has 116 valence electrons. The highest BCUT2D eigenvalue weighted by atomic mass is 16.4. The molecule has 0 heterocycles. The van der Waals surface area contributed by atoms with E-state index in [9.17, 15) is 30.0 Å². The van der Waals surface area contributed by atoms with Gasteiger partial charge in [0.1, 0.15) is 30.0 Å². The van der Waals surface area contributed by atoms with Gasteiger partial charge in [0.15, 0.2) is 11.6 Å². The van der Waals surface area contributed by atoms with Gasteiger partial charge in [0.25, 0.3) is 0 Å². The largest absolute Gasteiger partial charge is 0.394 e. The summed E-state index contributed by atoms with van der Waals surface area (Å²) in [6, 6.07) is 0. The van der Waals surface area contributed by atoms with Crippen LogP contribution in [0.2, 0.25) is 0 Å². The first-order valence-electron chi connectivity index (χ1n) is 5.83. The van der Waals surface area contributed by atoms with E-state index in [1.807, 2.05) is 0 Å². The molecule has 0 aliphatic carbocycles. The van der Waals surface area contributed by atoms with Gasteiger partial charge in [-0.25, -0.2) is 0 Å². The molecule has 0 fully saturated rings. The van der Waals surface area contributed by atoms with Gasteiger partial charge in [-0.1, -0.05) is 6.58 Å². The second kappa shape index (κ2) is 7.58. The van der Waals surface area contributed by atoms with E-state index < -0.39 is 54.6 Å². The third-order valence-corrected chi connectivity index (χ3v) is 2.82. The van der Waals surface area contributed by atoms with Gasteiger partial charge in [0.2, 0.25) is 0 Å². The number of hydrogen-bond donors (Lipinski definition) is 6. The molecule has 0 aromatic heterocycles. The Bertz CT molecular complexity index is 364. The minimum atomic E-state index is -2.13. The van der Waals surface area contributed by atoms with Crippen molar-refractivity contribution in [1.29, 1.82) is 0 Å². The maximum absolute atomic E-state index is 11.6. The molecule has 0 aromatic rings. The summed E-state index contributed by atoms with van der Waals surface area (Å²) in [5.41, 5.74) is -2.10. The van der Waals surface area contributed by atoms with Crippen LogP contribution in [0.5, 0.6) is 0 Å². The molecular formula is C12H20O8. The van der Waals surface area contributed by atoms with Gasteiger partial charge in [-0.15, -0.1) is 0 Å². The number of hydrogen-bond acceptors (Lipinski definition) is 8. The minimum Gasteiger partial charge on any atom is -0.394 e. The molecule has 0 aliphatic heterocycles. The molecule has 8 heteroatoms. The van der Waals surface area contributed by atoms with Gasteiger partial charge < -0.3 is 30.6 Å². The molecule has 0 radical (unpaired) electrons. The first kappa shape index (κ1) is 18.8. The molecule has 8 nitrogen and oxygen atoms in total. The second-order valence-corrected chi connectivity index (χ2v) is 4.66. The molecule has 0 saturated carbocycles. The predicted octanol–water partition coefficient (Wildman–Crippen LogP) is -3.11. The molecular weight excluding hydrogens is 272 g/mol. The van der Waals surface area contributed by atoms with Crippen LogP contribution in [0.25, 0.3) is 0 Å². The Morgan fingerprint density at radius 1 is 1.20 bits per heavy atom. The summed E-state index contributed by atoms with van der Waals surface area (Å²) in [5.74, 6) is -1.95. The number of carbonyl (C=O) groups excluding carboxylic acids is 2. The summed E-state index contributed by atoms with van der Waals surface area (Å²) in [4.78, 5) is 22.9. The van der Waals surface area contributed by atoms with Crippen LogP contribution in [0.1, 0.15) is 13.3 Å². The average molecular weight is 292 g/mol. The zero-order valence-electron chi connectivity index (χ0n) is 11.0. The van der Waals surface area contributed by atoms with Crippen LogP contribution in [0.15, 0.2) is 12.7 Å². The summed E-state index contributed by atoms with van der Waals surface area (Å²) in [6.45, 7) is 3.29. The van der Waals surface area contributed by atoms with Crippen LogP contribution in [0, 0.1) is 0 Å². The molecule has 0 amide bonds. The van der Waals surface area contributed by atoms with Crippen LogP contribution in [0.3, 0.4) is 0 Å². The lowest BCUT2D eigenvalue weighted by atomic mass is 9.89. The average Bonchev–Trinajstić information content (AvgIpc) is 2.42. The Balaban J connectivity index is 4.78. The van der Waals surface area contributed by atoms with E-state index in [0.717, 1.165) is 13.0 Å². The standard InChI is InChI=1S/C12H20O8/c1-3-8(16)12(2,20)4-6(14)9(17)11(19)10(18)7(15)5-13/h3,7,9-11,13,15,17-20H,1,4-5H2,2H3/t7-,9+,10-,11-,12?/m1/s1. The molecule has 5 atom stereocenters. The number of Topliss-reactive ketones (excluding diaryl/α,β-unsaturated/α-hetero) is 1. The van der Waals surface area contributed by atoms with E-state index in [-0.39, 0.29) is 0 Å². The highest BCUT2D eigenvalue weighted by Crippen LogP contribution is 2.16. The summed E-state index contributed by atoms with van der Waals surface area (Å²) >= 11 is 0. The quantitative estimate of drug-likeness (QED) is 0.244. The lowest BCUT2D eigenvalue weighted by Gasteiger charge is -2.27. The molecule has 0 spiro atoms. The molecule has 20 heavy (non-hydrogen) atoms. The third-order valence-electron chi connectivity index (χ3n) is 2.82. The van der Waals surface area contributed by atoms with Gasteiger partial charge in [0, 0.05) is 6.42 Å². The van der Waals surface area contributed by atoms with E-state index >= 15 is 0 Å². The molecule has 6 N–H and O–H groups in total. The second-order valence-electron chi connectivity index (χ2n) is 4.66. The SMILES string of the molecule is C=CC(=O)C(C)(O)CC(=O)[C@H](O)[C@@H](O)[C@H](O)[C@H](O)CO. The fraction of sp³-hybridized carbons (Fsp3) is 0.667. The fourth-order valence-electron chi connectivity index (χ4n) is 1.46. The first-order chi connectivity index (χ1) is 9.08. The van der Waals surface area contributed by atoms with Crippen molar-refractivity contribution in [3.8, 4) is 0 Å². The molecule has 0 aromatic carbocycles. The van der Waals surface area contributed by atoms with E-state index in [4.69, 9.17) is 10.2 Å². The zero-order valence-corrected chi connectivity index (χ0v) is 11.0. The maximum atomic E-state index is 11.6. The molecule has 0 saturated heterocycles. The fourth-order valence-corrected chi connectivity index (χ4v) is 1.46. The van der Waals surface area contributed by atoms with Crippen LogP contribution in [-0.2, 0) is 9.59 Å². The van der Waals surface area contributed by atoms with Crippen LogP contribution in [-0.4, -0.2) is 78.8 Å². The Hall–Kier alpha value is -1.16. The highest BCUT2D eigenvalue weighted by molar-refractivity contribution is 6.00. The number of aliphatic hydroxyl groups is 6. The number of carbonyl (C=O) groups is 2. The molecule has 1 unspecified atom stereocenters. The van der Waals surface area contributed by atoms with Crippen molar-refractivity contribution in [1.82, 2.24) is 0 Å². The number of rotatable bonds is 9. The summed E-state index contributed by atoms with van der Waals surface area (Å²) < 4.78 is 0. The first-order valence-corrected chi connectivity index (χ1v) is 5.83. The van der Waals surface area contributed by atoms with Gasteiger partial charge in [-0.2, -0.15) is 0 Å². The summed E-state index contributed by atoms with van der Waals surface area (Å²) in [6.07, 6.45) is -7.91. The number of aliphatic hydroxyl groups excluding tert-OH is 5. The minimum absolute atomic E-state index is 0.806. The monoisotopic (exact) mass is 292 g/mol. The Morgan fingerprint density at radius 2 is 1.70 bits per heavy atom. The van der Waals surface area contributed by atoms with Crippen molar-refractivity contribution >= 4 is 11.6 Å². The lowest BCUT2D eigenvalue weighted by molar-refractivity contribution is -0.153. The van der Waals surface area contributed by atoms with E-state index in [1.54, 1.807) is 0 Å². The van der Waals surface area contributed by atoms with Crippen molar-refractivity contribution in [2.45, 2.75) is 43.4 Å². The summed E-state index contributed by atoms with van der Waals surface area (Å²) in [7, 11) is 0. The Kier molecular flexibility index (Phi) is 7.14. The molecule has 0 aliphatic rings. The van der Waals surface area contributed by atoms with Crippen LogP contribution >= 0.6 is 0 Å². The van der Waals surface area contributed by atoms with Gasteiger partial charge in [-0.3, -0.25) is 9.59 Å². The van der Waals surface area contributed by atoms with Crippen molar-refractivity contribution in [2.75, 3.05) is 6.61 Å². The number of ketones is 2. The van der Waals surface area contributed by atoms with Crippen molar-refractivity contribution in [2.24, 2.45) is 0 Å². The van der Waals surface area contributed by atoms with Crippen molar-refractivity contribution < 1.29 is 40.2 Å². The predicted molar refractivity (Wildman–Crippen MR) is 66.6 cm³/mol. The maximum Gasteiger partial charge on any atom is 0.186 e. The van der Waals surface area contributed by atoms with Crippen molar-refractivity contribution in [3.63, 3.8) is 0 Å². The van der Waals surface area contributed by atoms with E-state index in [1.165, 1.54) is 0 Å². The Morgan fingerprint density at radius 3 is 2.10 bits per heavy atom. The highest BCUT2D eigenvalue weighted by Gasteiger charge is 2.38. The Labute approximate surface area is 115 Å². The van der Waals surface area contributed by atoms with Crippen LogP contribution < -0.4 is 0 Å². The molecule has 0 bridgehead atoms. The zero-order chi connectivity index (χ0) is 16.1. The van der Waals surface area contributed by atoms with E-state index in [0.29, 0.717) is 0 Å². The lowest BCUT2D eigenvalue weighted by Crippen LogP contribution is -2.50. The topological polar surface area (TPSA) is 156 Å². The normalized spacial score (nSPS) is 20.4. The van der Waals surface area contributed by atoms with Crippen LogP contribution in [0.4, 0.5) is 0 Å². The molecule has 0 rings (SSSR count). The van der Waals surface area contributed by atoms with Gasteiger partial charge in [-0.05, 0) is 13.0 Å². The smallest absolute Gasteiger partial charge is 0.186 e. The third kappa shape index (κ3) is 4.75. The van der Waals surface area contributed by atoms with E-state index in [2.05, 4.69) is 6.58 Å². The van der Waals surface area contributed by atoms with Gasteiger partial charge >= 0.3 is 0 Å².